The summed E-state index contributed by atoms with van der Waals surface area (Å²) >= 11 is 0. The lowest BCUT2D eigenvalue weighted by molar-refractivity contribution is -0.137. The van der Waals surface area contributed by atoms with Crippen LogP contribution in [0.4, 0.5) is 18.9 Å². The predicted octanol–water partition coefficient (Wildman–Crippen LogP) is 7.33. The number of aromatic nitrogens is 1. The zero-order valence-electron chi connectivity index (χ0n) is 17.9. The van der Waals surface area contributed by atoms with Crippen LogP contribution in [0.25, 0.3) is 16.3 Å². The van der Waals surface area contributed by atoms with E-state index < -0.39 is 11.7 Å². The van der Waals surface area contributed by atoms with Gasteiger partial charge in [0, 0.05) is 34.9 Å². The van der Waals surface area contributed by atoms with Crippen LogP contribution in [0.5, 0.6) is 0 Å². The normalized spacial score (nSPS) is 15.0. The number of pyridine rings is 1. The fraction of sp³-hybridized carbons (Fsp3) is 0.185. The zero-order chi connectivity index (χ0) is 23.3. The van der Waals surface area contributed by atoms with Crippen LogP contribution >= 0.6 is 0 Å². The Balaban J connectivity index is 1.57. The summed E-state index contributed by atoms with van der Waals surface area (Å²) in [6.45, 7) is 0. The molecular weight excluding hydrogens is 425 g/mol. The van der Waals surface area contributed by atoms with Crippen LogP contribution in [0.15, 0.2) is 90.8 Å². The topological polar surface area (TPSA) is 42.0 Å². The third-order valence-corrected chi connectivity index (χ3v) is 5.61. The average Bonchev–Trinajstić information content (AvgIpc) is 2.82. The highest BCUT2D eigenvalue weighted by atomic mass is 19.4. The molecule has 1 aromatic heterocycles. The molecule has 0 aliphatic heterocycles. The number of hydrogen-bond acceptors (Lipinski definition) is 2. The molecule has 1 amide bonds. The molecule has 3 nitrogen and oxygen atoms in total. The Bertz CT molecular complexity index is 1230. The van der Waals surface area contributed by atoms with Gasteiger partial charge in [0.1, 0.15) is 0 Å². The van der Waals surface area contributed by atoms with Gasteiger partial charge in [-0.1, -0.05) is 42.5 Å². The number of hydrogen-bond donors (Lipinski definition) is 1. The lowest BCUT2D eigenvalue weighted by atomic mass is 9.89. The molecule has 0 fully saturated rings. The molecule has 33 heavy (non-hydrogen) atoms. The number of rotatable bonds is 5. The number of nitrogens with one attached hydrogen (secondary N) is 1. The van der Waals surface area contributed by atoms with Gasteiger partial charge in [-0.15, -0.1) is 0 Å². The first-order valence-electron chi connectivity index (χ1n) is 10.8. The molecule has 0 atom stereocenters. The quantitative estimate of drug-likeness (QED) is 0.328. The first kappa shape index (κ1) is 22.5. The standard InChI is InChI=1S/C27H23F3N2O/c28-27(29,30)22-14-12-20(13-15-22)23(19-6-2-1-3-7-19)9-5-11-26(33)32-25-10-4-8-21-18-31-17-16-24(21)25/h4-6,8-18H,1-3,7H2,(H,32,33). The van der Waals surface area contributed by atoms with E-state index in [4.69, 9.17) is 0 Å². The number of carbonyl (C=O) groups is 1. The third kappa shape index (κ3) is 5.58. The SMILES string of the molecule is O=C(C=CC=C(C1=CCCCC1)c1ccc(C(F)(F)F)cc1)Nc1cccc2cnccc12. The Morgan fingerprint density at radius 1 is 1.03 bits per heavy atom. The maximum atomic E-state index is 13.0. The molecule has 4 rings (SSSR count). The lowest BCUT2D eigenvalue weighted by Gasteiger charge is -2.17. The molecule has 168 valence electrons. The van der Waals surface area contributed by atoms with Gasteiger partial charge >= 0.3 is 6.18 Å². The van der Waals surface area contributed by atoms with Crippen molar-refractivity contribution < 1.29 is 18.0 Å². The number of benzene rings is 2. The van der Waals surface area contributed by atoms with E-state index >= 15 is 0 Å². The maximum absolute atomic E-state index is 13.0. The Kier molecular flexibility index (Phi) is 6.73. The predicted molar refractivity (Wildman–Crippen MR) is 125 cm³/mol. The van der Waals surface area contributed by atoms with E-state index in [1.807, 2.05) is 24.3 Å². The Labute approximate surface area is 190 Å². The van der Waals surface area contributed by atoms with Crippen molar-refractivity contribution in [2.45, 2.75) is 31.9 Å². The van der Waals surface area contributed by atoms with Gasteiger partial charge < -0.3 is 5.32 Å². The van der Waals surface area contributed by atoms with E-state index in [0.29, 0.717) is 11.3 Å². The monoisotopic (exact) mass is 448 g/mol. The smallest absolute Gasteiger partial charge is 0.322 e. The van der Waals surface area contributed by atoms with Gasteiger partial charge in [0.15, 0.2) is 0 Å². The van der Waals surface area contributed by atoms with Crippen molar-refractivity contribution in [1.29, 1.82) is 0 Å². The minimum atomic E-state index is -4.37. The van der Waals surface area contributed by atoms with Crippen molar-refractivity contribution in [3.05, 3.63) is 102 Å². The van der Waals surface area contributed by atoms with Crippen molar-refractivity contribution >= 4 is 27.9 Å². The minimum Gasteiger partial charge on any atom is -0.322 e. The van der Waals surface area contributed by atoms with Gasteiger partial charge in [0.2, 0.25) is 5.91 Å². The van der Waals surface area contributed by atoms with Crippen molar-refractivity contribution in [1.82, 2.24) is 4.98 Å². The lowest BCUT2D eigenvalue weighted by Crippen LogP contribution is -2.08. The summed E-state index contributed by atoms with van der Waals surface area (Å²) < 4.78 is 38.9. The number of nitrogens with zero attached hydrogens (tertiary/aromatic N) is 1. The number of fused-ring (bicyclic) bond motifs is 1. The number of alkyl halides is 3. The number of amides is 1. The highest BCUT2D eigenvalue weighted by Crippen LogP contribution is 2.34. The van der Waals surface area contributed by atoms with Crippen LogP contribution in [0, 0.1) is 0 Å². The van der Waals surface area contributed by atoms with Crippen LogP contribution in [-0.4, -0.2) is 10.9 Å². The van der Waals surface area contributed by atoms with Crippen molar-refractivity contribution in [3.8, 4) is 0 Å². The molecule has 0 radical (unpaired) electrons. The van der Waals surface area contributed by atoms with E-state index in [1.165, 1.54) is 18.2 Å². The summed E-state index contributed by atoms with van der Waals surface area (Å²) in [6.07, 6.45) is 9.96. The molecule has 0 bridgehead atoms. The fourth-order valence-corrected chi connectivity index (χ4v) is 3.95. The van der Waals surface area contributed by atoms with E-state index in [0.717, 1.165) is 59.7 Å². The second kappa shape index (κ2) is 9.86. The van der Waals surface area contributed by atoms with Gasteiger partial charge in [0.25, 0.3) is 0 Å². The third-order valence-electron chi connectivity index (χ3n) is 5.61. The minimum absolute atomic E-state index is 0.292. The van der Waals surface area contributed by atoms with Gasteiger partial charge in [-0.05, 0) is 66.7 Å². The number of halogens is 3. The molecule has 6 heteroatoms. The van der Waals surface area contributed by atoms with Crippen LogP contribution in [0.1, 0.15) is 36.8 Å². The van der Waals surface area contributed by atoms with Crippen LogP contribution < -0.4 is 5.32 Å². The zero-order valence-corrected chi connectivity index (χ0v) is 17.9. The number of carbonyl (C=O) groups excluding carboxylic acids is 1. The molecule has 1 heterocycles. The summed E-state index contributed by atoms with van der Waals surface area (Å²) in [5.41, 5.74) is 2.63. The molecule has 0 spiro atoms. The van der Waals surface area contributed by atoms with Crippen molar-refractivity contribution in [2.24, 2.45) is 0 Å². The van der Waals surface area contributed by atoms with Gasteiger partial charge in [-0.2, -0.15) is 13.2 Å². The summed E-state index contributed by atoms with van der Waals surface area (Å²) in [5, 5.41) is 4.70. The number of allylic oxidation sites excluding steroid dienone is 5. The summed E-state index contributed by atoms with van der Waals surface area (Å²) in [4.78, 5) is 16.6. The first-order valence-corrected chi connectivity index (χ1v) is 10.8. The number of anilines is 1. The van der Waals surface area contributed by atoms with Gasteiger partial charge in [-0.3, -0.25) is 9.78 Å². The summed E-state index contributed by atoms with van der Waals surface area (Å²) in [7, 11) is 0. The van der Waals surface area contributed by atoms with Gasteiger partial charge in [-0.25, -0.2) is 0 Å². The summed E-state index contributed by atoms with van der Waals surface area (Å²) in [6, 6.07) is 12.6. The fourth-order valence-electron chi connectivity index (χ4n) is 3.95. The molecule has 1 N–H and O–H groups in total. The Hall–Kier alpha value is -3.67. The average molecular weight is 448 g/mol. The van der Waals surface area contributed by atoms with Crippen LogP contribution in [0.2, 0.25) is 0 Å². The van der Waals surface area contributed by atoms with E-state index in [-0.39, 0.29) is 5.91 Å². The van der Waals surface area contributed by atoms with Crippen molar-refractivity contribution in [2.75, 3.05) is 5.32 Å². The first-order chi connectivity index (χ1) is 15.9. The molecule has 1 aliphatic carbocycles. The highest BCUT2D eigenvalue weighted by molar-refractivity contribution is 6.06. The molecular formula is C27H23F3N2O. The molecule has 2 aromatic carbocycles. The molecule has 1 aliphatic rings. The summed E-state index contributed by atoms with van der Waals surface area (Å²) in [5.74, 6) is -0.292. The van der Waals surface area contributed by atoms with E-state index in [1.54, 1.807) is 24.5 Å². The largest absolute Gasteiger partial charge is 0.416 e. The Morgan fingerprint density at radius 3 is 2.58 bits per heavy atom. The molecule has 0 saturated carbocycles. The van der Waals surface area contributed by atoms with Crippen LogP contribution in [0.3, 0.4) is 0 Å². The van der Waals surface area contributed by atoms with E-state index in [9.17, 15) is 18.0 Å². The molecule has 0 saturated heterocycles. The van der Waals surface area contributed by atoms with E-state index in [2.05, 4.69) is 16.4 Å². The second-order valence-corrected chi connectivity index (χ2v) is 7.88. The molecule has 0 unspecified atom stereocenters. The van der Waals surface area contributed by atoms with Gasteiger partial charge in [0.05, 0.1) is 5.56 Å². The molecule has 3 aromatic rings. The highest BCUT2D eigenvalue weighted by Gasteiger charge is 2.30. The Morgan fingerprint density at radius 2 is 1.85 bits per heavy atom. The van der Waals surface area contributed by atoms with Crippen molar-refractivity contribution in [3.63, 3.8) is 0 Å². The maximum Gasteiger partial charge on any atom is 0.416 e. The van der Waals surface area contributed by atoms with Crippen LogP contribution in [-0.2, 0) is 11.0 Å². The second-order valence-electron chi connectivity index (χ2n) is 7.88.